The second kappa shape index (κ2) is 5.10. The van der Waals surface area contributed by atoms with Crippen molar-refractivity contribution in [3.63, 3.8) is 0 Å². The minimum atomic E-state index is 1.06. The average molecular weight is 271 g/mol. The van der Waals surface area contributed by atoms with Crippen LogP contribution in [0.4, 0.5) is 0 Å². The van der Waals surface area contributed by atoms with E-state index in [1.54, 1.807) is 0 Å². The van der Waals surface area contributed by atoms with E-state index in [-0.39, 0.29) is 0 Å². The van der Waals surface area contributed by atoms with Gasteiger partial charge in [0.05, 0.1) is 0 Å². The smallest absolute Gasteiger partial charge is 0.0497 e. The maximum Gasteiger partial charge on any atom is 0.0497 e. The highest BCUT2D eigenvalue weighted by molar-refractivity contribution is 6.08. The van der Waals surface area contributed by atoms with Crippen molar-refractivity contribution in [2.24, 2.45) is 0 Å². The van der Waals surface area contributed by atoms with Crippen molar-refractivity contribution in [3.05, 3.63) is 83.9 Å². The molecule has 0 atom stereocenters. The predicted octanol–water partition coefficient (Wildman–Crippen LogP) is 5.11. The first-order chi connectivity index (χ1) is 10.4. The summed E-state index contributed by atoms with van der Waals surface area (Å²) in [6.07, 6.45) is 2.14. The van der Waals surface area contributed by atoms with E-state index in [1.807, 2.05) is 0 Å². The number of aryl methyl sites for hydroxylation is 2. The molecule has 4 aromatic rings. The van der Waals surface area contributed by atoms with Gasteiger partial charge in [-0.15, -0.1) is 0 Å². The van der Waals surface area contributed by atoms with Crippen molar-refractivity contribution in [1.29, 1.82) is 0 Å². The fourth-order valence-electron chi connectivity index (χ4n) is 3.07. The fraction of sp³-hybridized carbons (Fsp3) is 0.100. The lowest BCUT2D eigenvalue weighted by Crippen LogP contribution is -1.92. The number of fused-ring (bicyclic) bond motifs is 3. The maximum absolute atomic E-state index is 3.58. The van der Waals surface area contributed by atoms with Crippen LogP contribution in [-0.4, -0.2) is 4.98 Å². The lowest BCUT2D eigenvalue weighted by Gasteiger charge is -2.04. The number of H-pyrrole nitrogens is 1. The van der Waals surface area contributed by atoms with Crippen LogP contribution < -0.4 is 0 Å². The molecule has 0 aliphatic heterocycles. The highest BCUT2D eigenvalue weighted by Gasteiger charge is 2.07. The molecule has 102 valence electrons. The number of hydrogen-bond donors (Lipinski definition) is 1. The summed E-state index contributed by atoms with van der Waals surface area (Å²) >= 11 is 0. The van der Waals surface area contributed by atoms with Crippen LogP contribution in [0.25, 0.3) is 21.8 Å². The van der Waals surface area contributed by atoms with Gasteiger partial charge in [0.2, 0.25) is 0 Å². The molecular formula is C20H17N. The highest BCUT2D eigenvalue weighted by Crippen LogP contribution is 2.28. The van der Waals surface area contributed by atoms with Crippen molar-refractivity contribution in [2.75, 3.05) is 0 Å². The summed E-state index contributed by atoms with van der Waals surface area (Å²) in [4.78, 5) is 3.58. The molecule has 0 saturated heterocycles. The molecule has 1 heterocycles. The third-order valence-corrected chi connectivity index (χ3v) is 4.15. The van der Waals surface area contributed by atoms with E-state index in [0.29, 0.717) is 0 Å². The van der Waals surface area contributed by atoms with Crippen LogP contribution in [0.2, 0.25) is 0 Å². The Kier molecular flexibility index (Phi) is 2.97. The minimum absolute atomic E-state index is 1.06. The van der Waals surface area contributed by atoms with Crippen molar-refractivity contribution in [2.45, 2.75) is 12.8 Å². The van der Waals surface area contributed by atoms with E-state index < -0.39 is 0 Å². The number of rotatable bonds is 3. The van der Waals surface area contributed by atoms with E-state index in [2.05, 4.69) is 77.8 Å². The van der Waals surface area contributed by atoms with Crippen LogP contribution >= 0.6 is 0 Å². The lowest BCUT2D eigenvalue weighted by atomic mass is 10.0. The number of hydrogen-bond acceptors (Lipinski definition) is 0. The van der Waals surface area contributed by atoms with Crippen molar-refractivity contribution in [1.82, 2.24) is 4.98 Å². The molecule has 0 saturated carbocycles. The molecule has 0 aliphatic rings. The van der Waals surface area contributed by atoms with Crippen molar-refractivity contribution >= 4 is 21.8 Å². The Hall–Kier alpha value is -2.54. The monoisotopic (exact) mass is 271 g/mol. The summed E-state index contributed by atoms with van der Waals surface area (Å²) in [5, 5.41) is 2.64. The molecule has 1 nitrogen and oxygen atoms in total. The largest absolute Gasteiger partial charge is 0.354 e. The molecule has 0 unspecified atom stereocenters. The number of nitrogens with one attached hydrogen (secondary N) is 1. The zero-order valence-electron chi connectivity index (χ0n) is 11.8. The average Bonchev–Trinajstić information content (AvgIpc) is 2.93. The molecule has 21 heavy (non-hydrogen) atoms. The van der Waals surface area contributed by atoms with Gasteiger partial charge < -0.3 is 4.98 Å². The van der Waals surface area contributed by atoms with E-state index in [4.69, 9.17) is 0 Å². The second-order valence-corrected chi connectivity index (χ2v) is 5.50. The van der Waals surface area contributed by atoms with Gasteiger partial charge in [0, 0.05) is 21.8 Å². The Bertz CT molecular complexity index is 887. The summed E-state index contributed by atoms with van der Waals surface area (Å²) in [5.74, 6) is 0. The Morgan fingerprint density at radius 2 is 1.38 bits per heavy atom. The van der Waals surface area contributed by atoms with E-state index in [0.717, 1.165) is 12.8 Å². The molecule has 1 N–H and O–H groups in total. The van der Waals surface area contributed by atoms with Gasteiger partial charge in [-0.25, -0.2) is 0 Å². The van der Waals surface area contributed by atoms with Crippen LogP contribution in [0, 0.1) is 0 Å². The summed E-state index contributed by atoms with van der Waals surface area (Å²) in [5.41, 5.74) is 5.30. The van der Waals surface area contributed by atoms with Crippen molar-refractivity contribution < 1.29 is 0 Å². The number of para-hydroxylation sites is 2. The molecule has 0 amide bonds. The van der Waals surface area contributed by atoms with Crippen LogP contribution in [0.3, 0.4) is 0 Å². The van der Waals surface area contributed by atoms with Crippen LogP contribution in [0.5, 0.6) is 0 Å². The molecule has 1 aromatic heterocycles. The third kappa shape index (κ3) is 2.21. The number of aromatic nitrogens is 1. The molecular weight excluding hydrogens is 254 g/mol. The normalized spacial score (nSPS) is 11.2. The zero-order valence-corrected chi connectivity index (χ0v) is 11.8. The van der Waals surface area contributed by atoms with Crippen LogP contribution in [0.15, 0.2) is 72.8 Å². The number of benzene rings is 3. The SMILES string of the molecule is c1ccc(CCc2cccc3c2[nH]c2ccccc23)cc1. The fourth-order valence-corrected chi connectivity index (χ4v) is 3.07. The zero-order chi connectivity index (χ0) is 14.1. The molecule has 0 aliphatic carbocycles. The van der Waals surface area contributed by atoms with E-state index in [9.17, 15) is 0 Å². The number of aromatic amines is 1. The second-order valence-electron chi connectivity index (χ2n) is 5.50. The Balaban J connectivity index is 1.75. The Morgan fingerprint density at radius 1 is 0.619 bits per heavy atom. The minimum Gasteiger partial charge on any atom is -0.354 e. The maximum atomic E-state index is 3.58. The van der Waals surface area contributed by atoms with Gasteiger partial charge in [-0.05, 0) is 30.0 Å². The lowest BCUT2D eigenvalue weighted by molar-refractivity contribution is 0.966. The van der Waals surface area contributed by atoms with Gasteiger partial charge in [-0.3, -0.25) is 0 Å². The molecule has 1 heteroatoms. The standard InChI is InChI=1S/C20H17N/c1-2-7-15(8-3-1)13-14-16-9-6-11-18-17-10-4-5-12-19(17)21-20(16)18/h1-12,21H,13-14H2. The van der Waals surface area contributed by atoms with Crippen molar-refractivity contribution in [3.8, 4) is 0 Å². The van der Waals surface area contributed by atoms with Gasteiger partial charge in [0.1, 0.15) is 0 Å². The first-order valence-corrected chi connectivity index (χ1v) is 7.44. The molecule has 0 radical (unpaired) electrons. The van der Waals surface area contributed by atoms with Gasteiger partial charge in [0.25, 0.3) is 0 Å². The summed E-state index contributed by atoms with van der Waals surface area (Å²) in [7, 11) is 0. The molecule has 3 aromatic carbocycles. The summed E-state index contributed by atoms with van der Waals surface area (Å²) in [6.45, 7) is 0. The first-order valence-electron chi connectivity index (χ1n) is 7.44. The highest BCUT2D eigenvalue weighted by atomic mass is 14.7. The van der Waals surface area contributed by atoms with Gasteiger partial charge >= 0.3 is 0 Å². The van der Waals surface area contributed by atoms with Gasteiger partial charge in [0.15, 0.2) is 0 Å². The van der Waals surface area contributed by atoms with E-state index in [1.165, 1.54) is 32.9 Å². The molecule has 0 bridgehead atoms. The van der Waals surface area contributed by atoms with Crippen LogP contribution in [0.1, 0.15) is 11.1 Å². The first kappa shape index (κ1) is 12.2. The summed E-state index contributed by atoms with van der Waals surface area (Å²) in [6, 6.07) is 25.8. The van der Waals surface area contributed by atoms with Gasteiger partial charge in [-0.2, -0.15) is 0 Å². The third-order valence-electron chi connectivity index (χ3n) is 4.15. The molecule has 0 fully saturated rings. The van der Waals surface area contributed by atoms with Gasteiger partial charge in [-0.1, -0.05) is 66.7 Å². The molecule has 0 spiro atoms. The van der Waals surface area contributed by atoms with Crippen LogP contribution in [-0.2, 0) is 12.8 Å². The van der Waals surface area contributed by atoms with E-state index >= 15 is 0 Å². The summed E-state index contributed by atoms with van der Waals surface area (Å²) < 4.78 is 0. The topological polar surface area (TPSA) is 15.8 Å². The Morgan fingerprint density at radius 3 is 2.29 bits per heavy atom. The molecule has 4 rings (SSSR count). The predicted molar refractivity (Wildman–Crippen MR) is 89.7 cm³/mol. The Labute approximate surface area is 124 Å². The quantitative estimate of drug-likeness (QED) is 0.533.